The Hall–Kier alpha value is -2.55. The van der Waals surface area contributed by atoms with Crippen LogP contribution in [-0.2, 0) is 30.6 Å². The van der Waals surface area contributed by atoms with Crippen molar-refractivity contribution in [1.29, 1.82) is 0 Å². The number of hydrogen-bond acceptors (Lipinski definition) is 7. The van der Waals surface area contributed by atoms with Gasteiger partial charge in [0, 0.05) is 29.6 Å². The van der Waals surface area contributed by atoms with Crippen LogP contribution in [0.5, 0.6) is 5.75 Å². The third-order valence-electron chi connectivity index (χ3n) is 4.64. The molecule has 1 atom stereocenters. The van der Waals surface area contributed by atoms with Gasteiger partial charge in [-0.05, 0) is 25.5 Å². The first kappa shape index (κ1) is 19.2. The highest BCUT2D eigenvalue weighted by Gasteiger charge is 2.34. The number of amides is 1. The van der Waals surface area contributed by atoms with Crippen LogP contribution in [0, 0.1) is 0 Å². The molecule has 1 saturated heterocycles. The van der Waals surface area contributed by atoms with Gasteiger partial charge in [0.15, 0.2) is 16.4 Å². The van der Waals surface area contributed by atoms with E-state index in [1.807, 2.05) is 0 Å². The third-order valence-corrected chi connectivity index (χ3v) is 6.39. The van der Waals surface area contributed by atoms with Crippen LogP contribution in [-0.4, -0.2) is 61.0 Å². The van der Waals surface area contributed by atoms with E-state index in [0.29, 0.717) is 29.5 Å². The van der Waals surface area contributed by atoms with Crippen molar-refractivity contribution in [3.05, 3.63) is 30.0 Å². The first-order chi connectivity index (χ1) is 12.8. The van der Waals surface area contributed by atoms with Crippen LogP contribution in [0.25, 0.3) is 11.0 Å². The number of carbonyl (C=O) groups excluding carboxylic acids is 2. The predicted molar refractivity (Wildman–Crippen MR) is 97.0 cm³/mol. The van der Waals surface area contributed by atoms with E-state index in [1.54, 1.807) is 13.0 Å². The highest BCUT2D eigenvalue weighted by Crippen LogP contribution is 2.25. The second kappa shape index (κ2) is 7.59. The minimum atomic E-state index is -3.10. The Bertz CT molecular complexity index is 963. The van der Waals surface area contributed by atoms with E-state index in [4.69, 9.17) is 9.15 Å². The van der Waals surface area contributed by atoms with Crippen LogP contribution < -0.4 is 0 Å². The normalized spacial score (nSPS) is 18.5. The average molecular weight is 395 g/mol. The van der Waals surface area contributed by atoms with Crippen LogP contribution in [0.15, 0.2) is 28.9 Å². The lowest BCUT2D eigenvalue weighted by Crippen LogP contribution is -2.43. The van der Waals surface area contributed by atoms with Gasteiger partial charge in [-0.1, -0.05) is 0 Å². The molecule has 8 nitrogen and oxygen atoms in total. The van der Waals surface area contributed by atoms with Crippen molar-refractivity contribution in [1.82, 2.24) is 4.90 Å². The lowest BCUT2D eigenvalue weighted by atomic mass is 10.1. The lowest BCUT2D eigenvalue weighted by Gasteiger charge is -2.26. The Morgan fingerprint density at radius 2 is 2.15 bits per heavy atom. The van der Waals surface area contributed by atoms with Crippen LogP contribution >= 0.6 is 0 Å². The first-order valence-corrected chi connectivity index (χ1v) is 10.5. The van der Waals surface area contributed by atoms with Crippen molar-refractivity contribution in [3.63, 3.8) is 0 Å². The van der Waals surface area contributed by atoms with Gasteiger partial charge in [-0.2, -0.15) is 0 Å². The first-order valence-electron chi connectivity index (χ1n) is 8.63. The summed E-state index contributed by atoms with van der Waals surface area (Å²) in [5.41, 5.74) is 1.05. The van der Waals surface area contributed by atoms with Gasteiger partial charge in [0.05, 0.1) is 24.2 Å². The molecular weight excluding hydrogens is 374 g/mol. The van der Waals surface area contributed by atoms with Crippen LogP contribution in [0.4, 0.5) is 0 Å². The third kappa shape index (κ3) is 4.41. The standard InChI is InChI=1S/C18H21NO7S/c1-2-19(13-5-6-27(23,24)11-13)17(21)10-26-18(22)7-12-9-25-16-8-14(20)3-4-15(12)16/h3-4,8-9,13,20H,2,5-7,10-11H2,1H3/t13-/m0/s1. The summed E-state index contributed by atoms with van der Waals surface area (Å²) in [7, 11) is -3.10. The van der Waals surface area contributed by atoms with Gasteiger partial charge in [-0.3, -0.25) is 9.59 Å². The Morgan fingerprint density at radius 3 is 2.81 bits per heavy atom. The van der Waals surface area contributed by atoms with Crippen molar-refractivity contribution in [2.45, 2.75) is 25.8 Å². The molecule has 1 aliphatic rings. The number of furan rings is 1. The zero-order valence-corrected chi connectivity index (χ0v) is 15.7. The fourth-order valence-corrected chi connectivity index (χ4v) is 5.03. The molecule has 0 saturated carbocycles. The number of aromatic hydroxyl groups is 1. The minimum Gasteiger partial charge on any atom is -0.508 e. The summed E-state index contributed by atoms with van der Waals surface area (Å²) < 4.78 is 33.6. The lowest BCUT2D eigenvalue weighted by molar-refractivity contribution is -0.152. The molecular formula is C18H21NO7S. The smallest absolute Gasteiger partial charge is 0.310 e. The number of fused-ring (bicyclic) bond motifs is 1. The van der Waals surface area contributed by atoms with Gasteiger partial charge < -0.3 is 19.2 Å². The molecule has 146 valence electrons. The van der Waals surface area contributed by atoms with Crippen molar-refractivity contribution in [2.24, 2.45) is 0 Å². The molecule has 0 spiro atoms. The monoisotopic (exact) mass is 395 g/mol. The molecule has 1 aliphatic heterocycles. The Kier molecular flexibility index (Phi) is 5.41. The molecule has 0 radical (unpaired) electrons. The van der Waals surface area contributed by atoms with E-state index in [2.05, 4.69) is 0 Å². The topological polar surface area (TPSA) is 114 Å². The number of phenols is 1. The average Bonchev–Trinajstić information content (AvgIpc) is 3.16. The molecule has 0 unspecified atom stereocenters. The molecule has 0 bridgehead atoms. The highest BCUT2D eigenvalue weighted by molar-refractivity contribution is 7.91. The van der Waals surface area contributed by atoms with Gasteiger partial charge in [0.25, 0.3) is 5.91 Å². The largest absolute Gasteiger partial charge is 0.508 e. The van der Waals surface area contributed by atoms with E-state index in [-0.39, 0.29) is 29.7 Å². The summed E-state index contributed by atoms with van der Waals surface area (Å²) in [6.45, 7) is 1.68. The molecule has 27 heavy (non-hydrogen) atoms. The molecule has 1 amide bonds. The van der Waals surface area contributed by atoms with E-state index < -0.39 is 28.3 Å². The fourth-order valence-electron chi connectivity index (χ4n) is 3.30. The zero-order valence-electron chi connectivity index (χ0n) is 14.9. The van der Waals surface area contributed by atoms with Crippen molar-refractivity contribution >= 4 is 32.7 Å². The maximum absolute atomic E-state index is 12.3. The molecule has 1 aromatic carbocycles. The molecule has 1 fully saturated rings. The summed E-state index contributed by atoms with van der Waals surface area (Å²) in [6.07, 6.45) is 1.74. The van der Waals surface area contributed by atoms with Crippen LogP contribution in [0.1, 0.15) is 18.9 Å². The second-order valence-corrected chi connectivity index (χ2v) is 8.74. The Labute approximate surface area is 156 Å². The number of benzene rings is 1. The van der Waals surface area contributed by atoms with E-state index >= 15 is 0 Å². The van der Waals surface area contributed by atoms with Gasteiger partial charge in [-0.25, -0.2) is 8.42 Å². The summed E-state index contributed by atoms with van der Waals surface area (Å²) in [6, 6.07) is 4.21. The molecule has 2 heterocycles. The summed E-state index contributed by atoms with van der Waals surface area (Å²) >= 11 is 0. The van der Waals surface area contributed by atoms with E-state index in [1.165, 1.54) is 23.3 Å². The number of rotatable bonds is 6. The van der Waals surface area contributed by atoms with Crippen molar-refractivity contribution in [3.8, 4) is 5.75 Å². The summed E-state index contributed by atoms with van der Waals surface area (Å²) in [4.78, 5) is 25.9. The van der Waals surface area contributed by atoms with Crippen LogP contribution in [0.3, 0.4) is 0 Å². The minimum absolute atomic E-state index is 0.0472. The number of likely N-dealkylation sites (N-methyl/N-ethyl adjacent to an activating group) is 1. The summed E-state index contributed by atoms with van der Waals surface area (Å²) in [5.74, 6) is -0.909. The van der Waals surface area contributed by atoms with Gasteiger partial charge in [-0.15, -0.1) is 0 Å². The molecule has 0 aliphatic carbocycles. The van der Waals surface area contributed by atoms with E-state index in [0.717, 1.165) is 0 Å². The van der Waals surface area contributed by atoms with Crippen LogP contribution in [0.2, 0.25) is 0 Å². The van der Waals surface area contributed by atoms with Crippen molar-refractivity contribution in [2.75, 3.05) is 24.7 Å². The van der Waals surface area contributed by atoms with Gasteiger partial charge in [0.2, 0.25) is 0 Å². The number of sulfone groups is 1. The number of phenolic OH excluding ortho intramolecular Hbond substituents is 1. The molecule has 2 aromatic rings. The van der Waals surface area contributed by atoms with Gasteiger partial charge >= 0.3 is 5.97 Å². The number of esters is 1. The number of carbonyl (C=O) groups is 2. The molecule has 3 rings (SSSR count). The molecule has 9 heteroatoms. The Morgan fingerprint density at radius 1 is 1.37 bits per heavy atom. The predicted octanol–water partition coefficient (Wildman–Crippen LogP) is 1.26. The second-order valence-electron chi connectivity index (χ2n) is 6.52. The summed E-state index contributed by atoms with van der Waals surface area (Å²) in [5, 5.41) is 10.1. The highest BCUT2D eigenvalue weighted by atomic mass is 32.2. The molecule has 1 N–H and O–H groups in total. The SMILES string of the molecule is CCN(C(=O)COC(=O)Cc1coc2cc(O)ccc12)[C@H]1CCS(=O)(=O)C1. The number of nitrogens with zero attached hydrogens (tertiary/aromatic N) is 1. The fraction of sp³-hybridized carbons (Fsp3) is 0.444. The maximum atomic E-state index is 12.3. The van der Waals surface area contributed by atoms with E-state index in [9.17, 15) is 23.1 Å². The van der Waals surface area contributed by atoms with Crippen molar-refractivity contribution < 1.29 is 32.3 Å². The van der Waals surface area contributed by atoms with Gasteiger partial charge in [0.1, 0.15) is 11.3 Å². The number of ether oxygens (including phenoxy) is 1. The Balaban J connectivity index is 1.57. The number of hydrogen-bond donors (Lipinski definition) is 1. The quantitative estimate of drug-likeness (QED) is 0.732. The maximum Gasteiger partial charge on any atom is 0.310 e. The zero-order chi connectivity index (χ0) is 19.6. The molecule has 1 aromatic heterocycles.